The highest BCUT2D eigenvalue weighted by atomic mass is 79.9. The number of hydrogen-bond donors (Lipinski definition) is 1. The van der Waals surface area contributed by atoms with Crippen LogP contribution in [0.1, 0.15) is 43.2 Å². The second kappa shape index (κ2) is 5.66. The third kappa shape index (κ3) is 3.09. The summed E-state index contributed by atoms with van der Waals surface area (Å²) in [6.45, 7) is 2.24. The Labute approximate surface area is 120 Å². The van der Waals surface area contributed by atoms with Gasteiger partial charge in [-0.3, -0.25) is 4.79 Å². The highest BCUT2D eigenvalue weighted by molar-refractivity contribution is 9.10. The Kier molecular flexibility index (Phi) is 4.38. The number of alkyl halides is 1. The van der Waals surface area contributed by atoms with Crippen molar-refractivity contribution in [2.45, 2.75) is 38.1 Å². The Morgan fingerprint density at radius 1 is 1.56 bits per heavy atom. The van der Waals surface area contributed by atoms with E-state index in [0.29, 0.717) is 16.3 Å². The third-order valence-corrected chi connectivity index (χ3v) is 4.60. The van der Waals surface area contributed by atoms with Crippen LogP contribution in [0.5, 0.6) is 0 Å². The van der Waals surface area contributed by atoms with Gasteiger partial charge < -0.3 is 9.73 Å². The molecule has 1 fully saturated rings. The molecule has 3 nitrogen and oxygen atoms in total. The number of amides is 1. The molecule has 0 saturated heterocycles. The van der Waals surface area contributed by atoms with Gasteiger partial charge in [-0.1, -0.05) is 6.92 Å². The second-order valence-electron chi connectivity index (χ2n) is 5.15. The molecule has 0 aromatic carbocycles. The summed E-state index contributed by atoms with van der Waals surface area (Å²) in [6, 6.07) is 3.37. The molecule has 100 valence electrons. The van der Waals surface area contributed by atoms with E-state index in [-0.39, 0.29) is 11.4 Å². The van der Waals surface area contributed by atoms with Gasteiger partial charge in [0.15, 0.2) is 10.4 Å². The molecule has 0 bridgehead atoms. The van der Waals surface area contributed by atoms with E-state index in [1.807, 2.05) is 0 Å². The quantitative estimate of drug-likeness (QED) is 0.850. The van der Waals surface area contributed by atoms with Gasteiger partial charge >= 0.3 is 0 Å². The molecule has 1 heterocycles. The van der Waals surface area contributed by atoms with Crippen LogP contribution >= 0.6 is 27.5 Å². The average molecular weight is 335 g/mol. The lowest BCUT2D eigenvalue weighted by molar-refractivity contribution is 0.0842. The zero-order valence-electron chi connectivity index (χ0n) is 10.3. The lowest BCUT2D eigenvalue weighted by atomic mass is 9.78. The summed E-state index contributed by atoms with van der Waals surface area (Å²) in [5, 5.41) is 3.05. The van der Waals surface area contributed by atoms with E-state index in [9.17, 15) is 4.79 Å². The SMILES string of the molecule is CC1CCC(CCl)(NC(=O)c2ccc(Br)o2)CC1. The summed E-state index contributed by atoms with van der Waals surface area (Å²) in [5.41, 5.74) is -0.273. The average Bonchev–Trinajstić information content (AvgIpc) is 2.79. The molecule has 1 aliphatic rings. The Balaban J connectivity index is 2.04. The fraction of sp³-hybridized carbons (Fsp3) is 0.615. The van der Waals surface area contributed by atoms with E-state index in [2.05, 4.69) is 28.2 Å². The van der Waals surface area contributed by atoms with Crippen molar-refractivity contribution in [1.29, 1.82) is 0 Å². The summed E-state index contributed by atoms with van der Waals surface area (Å²) < 4.78 is 5.82. The molecular weight excluding hydrogens is 318 g/mol. The molecular formula is C13H17BrClNO2. The molecule has 0 unspecified atom stereocenters. The fourth-order valence-electron chi connectivity index (χ4n) is 2.35. The maximum Gasteiger partial charge on any atom is 0.287 e. The van der Waals surface area contributed by atoms with Crippen LogP contribution in [0.4, 0.5) is 0 Å². The van der Waals surface area contributed by atoms with Crippen molar-refractivity contribution in [3.05, 3.63) is 22.6 Å². The molecule has 2 rings (SSSR count). The van der Waals surface area contributed by atoms with Crippen LogP contribution in [0.25, 0.3) is 0 Å². The Bertz CT molecular complexity index is 424. The molecule has 0 atom stereocenters. The first-order chi connectivity index (χ1) is 8.54. The van der Waals surface area contributed by atoms with Gasteiger partial charge in [0.1, 0.15) is 0 Å². The van der Waals surface area contributed by atoms with E-state index in [1.54, 1.807) is 12.1 Å². The standard InChI is InChI=1S/C13H17BrClNO2/c1-9-4-6-13(8-15,7-5-9)16-12(17)10-2-3-11(14)18-10/h2-3,9H,4-8H2,1H3,(H,16,17). The van der Waals surface area contributed by atoms with E-state index >= 15 is 0 Å². The first kappa shape index (κ1) is 13.9. The minimum atomic E-state index is -0.273. The molecule has 1 aliphatic carbocycles. The molecule has 0 spiro atoms. The van der Waals surface area contributed by atoms with Crippen LogP contribution in [0.15, 0.2) is 21.2 Å². The van der Waals surface area contributed by atoms with E-state index in [4.69, 9.17) is 16.0 Å². The highest BCUT2D eigenvalue weighted by Crippen LogP contribution is 2.33. The van der Waals surface area contributed by atoms with Crippen LogP contribution in [-0.2, 0) is 0 Å². The highest BCUT2D eigenvalue weighted by Gasteiger charge is 2.35. The molecule has 1 aromatic heterocycles. The summed E-state index contributed by atoms with van der Waals surface area (Å²) in [7, 11) is 0. The summed E-state index contributed by atoms with van der Waals surface area (Å²) in [6.07, 6.45) is 4.08. The Morgan fingerprint density at radius 3 is 2.72 bits per heavy atom. The van der Waals surface area contributed by atoms with Gasteiger partial charge in [-0.05, 0) is 59.7 Å². The van der Waals surface area contributed by atoms with Crippen molar-refractivity contribution in [3.8, 4) is 0 Å². The number of furan rings is 1. The number of nitrogens with one attached hydrogen (secondary N) is 1. The molecule has 1 aromatic rings. The predicted molar refractivity (Wildman–Crippen MR) is 75.0 cm³/mol. The third-order valence-electron chi connectivity index (χ3n) is 3.66. The number of carbonyl (C=O) groups excluding carboxylic acids is 1. The van der Waals surface area contributed by atoms with Crippen molar-refractivity contribution in [2.24, 2.45) is 5.92 Å². The molecule has 1 saturated carbocycles. The van der Waals surface area contributed by atoms with Gasteiger partial charge in [-0.15, -0.1) is 11.6 Å². The van der Waals surface area contributed by atoms with Gasteiger partial charge in [0, 0.05) is 5.88 Å². The lowest BCUT2D eigenvalue weighted by Crippen LogP contribution is -2.52. The summed E-state index contributed by atoms with van der Waals surface area (Å²) >= 11 is 9.26. The van der Waals surface area contributed by atoms with Crippen molar-refractivity contribution in [3.63, 3.8) is 0 Å². The Hall–Kier alpha value is -0.480. The molecule has 0 radical (unpaired) electrons. The first-order valence-corrected chi connectivity index (χ1v) is 7.51. The topological polar surface area (TPSA) is 42.2 Å². The number of rotatable bonds is 3. The van der Waals surface area contributed by atoms with Crippen LogP contribution in [0.3, 0.4) is 0 Å². The van der Waals surface area contributed by atoms with E-state index in [1.165, 1.54) is 0 Å². The minimum Gasteiger partial charge on any atom is -0.444 e. The van der Waals surface area contributed by atoms with E-state index < -0.39 is 0 Å². The number of hydrogen-bond acceptors (Lipinski definition) is 2. The second-order valence-corrected chi connectivity index (χ2v) is 6.20. The maximum absolute atomic E-state index is 12.1. The minimum absolute atomic E-state index is 0.184. The van der Waals surface area contributed by atoms with Gasteiger partial charge in [0.25, 0.3) is 5.91 Å². The van der Waals surface area contributed by atoms with Gasteiger partial charge in [0.05, 0.1) is 5.54 Å². The van der Waals surface area contributed by atoms with Crippen molar-refractivity contribution in [2.75, 3.05) is 5.88 Å². The lowest BCUT2D eigenvalue weighted by Gasteiger charge is -2.38. The number of halogens is 2. The molecule has 1 N–H and O–H groups in total. The van der Waals surface area contributed by atoms with Crippen LogP contribution in [0.2, 0.25) is 0 Å². The van der Waals surface area contributed by atoms with Crippen molar-refractivity contribution >= 4 is 33.4 Å². The van der Waals surface area contributed by atoms with Crippen molar-refractivity contribution in [1.82, 2.24) is 5.32 Å². The van der Waals surface area contributed by atoms with Gasteiger partial charge in [-0.25, -0.2) is 0 Å². The number of carbonyl (C=O) groups is 1. The Morgan fingerprint density at radius 2 is 2.22 bits per heavy atom. The molecule has 5 heteroatoms. The molecule has 0 aliphatic heterocycles. The largest absolute Gasteiger partial charge is 0.444 e. The summed E-state index contributed by atoms with van der Waals surface area (Å²) in [4.78, 5) is 12.1. The first-order valence-electron chi connectivity index (χ1n) is 6.18. The normalized spacial score (nSPS) is 28.1. The predicted octanol–water partition coefficient (Wildman–Crippen LogP) is 3.96. The van der Waals surface area contributed by atoms with E-state index in [0.717, 1.165) is 31.6 Å². The van der Waals surface area contributed by atoms with Crippen LogP contribution < -0.4 is 5.32 Å². The molecule has 1 amide bonds. The zero-order chi connectivity index (χ0) is 13.2. The fourth-order valence-corrected chi connectivity index (χ4v) is 2.99. The maximum atomic E-state index is 12.1. The zero-order valence-corrected chi connectivity index (χ0v) is 12.7. The van der Waals surface area contributed by atoms with Crippen molar-refractivity contribution < 1.29 is 9.21 Å². The van der Waals surface area contributed by atoms with Gasteiger partial charge in [0.2, 0.25) is 0 Å². The van der Waals surface area contributed by atoms with Gasteiger partial charge in [-0.2, -0.15) is 0 Å². The summed E-state index contributed by atoms with van der Waals surface area (Å²) in [5.74, 6) is 1.31. The van der Waals surface area contributed by atoms with Crippen LogP contribution in [-0.4, -0.2) is 17.3 Å². The smallest absolute Gasteiger partial charge is 0.287 e. The van der Waals surface area contributed by atoms with Crippen LogP contribution in [0, 0.1) is 5.92 Å². The molecule has 18 heavy (non-hydrogen) atoms. The monoisotopic (exact) mass is 333 g/mol.